The van der Waals surface area contributed by atoms with E-state index in [0.29, 0.717) is 11.9 Å². The summed E-state index contributed by atoms with van der Waals surface area (Å²) in [5.41, 5.74) is 2.03. The zero-order chi connectivity index (χ0) is 17.8. The largest absolute Gasteiger partial charge is 0.441 e. The van der Waals surface area contributed by atoms with Gasteiger partial charge in [0.15, 0.2) is 0 Å². The van der Waals surface area contributed by atoms with E-state index in [-0.39, 0.29) is 6.61 Å². The number of likely N-dealkylation sites (N-methyl/N-ethyl adjacent to an activating group) is 1. The molecule has 0 unspecified atom stereocenters. The van der Waals surface area contributed by atoms with E-state index in [1.54, 1.807) is 11.8 Å². The quantitative estimate of drug-likeness (QED) is 0.799. The molecule has 1 aromatic carbocycles. The zero-order valence-corrected chi connectivity index (χ0v) is 16.1. The minimum absolute atomic E-state index is 0.238. The fourth-order valence-corrected chi connectivity index (χ4v) is 3.67. The lowest BCUT2D eigenvalue weighted by Crippen LogP contribution is -2.51. The molecule has 3 rings (SSSR count). The second-order valence-electron chi connectivity index (χ2n) is 6.63. The molecule has 1 saturated heterocycles. The Balaban J connectivity index is 1.70. The highest BCUT2D eigenvalue weighted by molar-refractivity contribution is 7.98. The van der Waals surface area contributed by atoms with E-state index in [0.717, 1.165) is 49.6 Å². The van der Waals surface area contributed by atoms with Gasteiger partial charge < -0.3 is 14.4 Å². The highest BCUT2D eigenvalue weighted by Gasteiger charge is 2.25. The molecule has 25 heavy (non-hydrogen) atoms. The predicted molar refractivity (Wildman–Crippen MR) is 102 cm³/mol. The van der Waals surface area contributed by atoms with Gasteiger partial charge in [0.2, 0.25) is 5.89 Å². The molecule has 1 N–H and O–H groups in total. The lowest BCUT2D eigenvalue weighted by Gasteiger charge is -2.39. The van der Waals surface area contributed by atoms with Crippen molar-refractivity contribution in [3.05, 3.63) is 35.7 Å². The summed E-state index contributed by atoms with van der Waals surface area (Å²) in [5.74, 6) is 1.59. The van der Waals surface area contributed by atoms with Crippen LogP contribution in [0.2, 0.25) is 0 Å². The van der Waals surface area contributed by atoms with Crippen LogP contribution in [0.3, 0.4) is 0 Å². The Morgan fingerprint density at radius 3 is 2.72 bits per heavy atom. The van der Waals surface area contributed by atoms with Crippen molar-refractivity contribution in [2.24, 2.45) is 0 Å². The number of aliphatic hydroxyl groups excluding tert-OH is 1. The van der Waals surface area contributed by atoms with Gasteiger partial charge in [-0.1, -0.05) is 0 Å². The molecule has 1 atom stereocenters. The van der Waals surface area contributed by atoms with Crippen LogP contribution in [0.1, 0.15) is 17.9 Å². The van der Waals surface area contributed by atoms with Gasteiger partial charge in [0.1, 0.15) is 5.76 Å². The molecule has 1 aromatic heterocycles. The van der Waals surface area contributed by atoms with Crippen molar-refractivity contribution in [3.8, 4) is 11.5 Å². The molecule has 0 saturated carbocycles. The number of aryl methyl sites for hydroxylation is 1. The van der Waals surface area contributed by atoms with Crippen LogP contribution >= 0.6 is 11.8 Å². The summed E-state index contributed by atoms with van der Waals surface area (Å²) in [6.45, 7) is 6.02. The van der Waals surface area contributed by atoms with E-state index in [9.17, 15) is 5.11 Å². The molecule has 0 spiro atoms. The monoisotopic (exact) mass is 361 g/mol. The summed E-state index contributed by atoms with van der Waals surface area (Å²) >= 11 is 1.73. The molecule has 0 radical (unpaired) electrons. The number of aromatic nitrogens is 1. The SMILES string of the molecule is CSc1ccc(-c2nc(CN3CCN(C)[C@H](CCO)C3)c(C)o2)cc1. The lowest BCUT2D eigenvalue weighted by atomic mass is 10.1. The van der Waals surface area contributed by atoms with Gasteiger partial charge in [-0.2, -0.15) is 0 Å². The molecule has 1 aliphatic heterocycles. The van der Waals surface area contributed by atoms with Gasteiger partial charge in [0.05, 0.1) is 5.69 Å². The minimum atomic E-state index is 0.238. The van der Waals surface area contributed by atoms with Crippen LogP contribution in [0.25, 0.3) is 11.5 Å². The fourth-order valence-electron chi connectivity index (χ4n) is 3.26. The number of benzene rings is 1. The standard InChI is InChI=1S/C19H27N3O2S/c1-14-18(13-22-10-9-21(2)16(12-22)8-11-23)20-19(24-14)15-4-6-17(25-3)7-5-15/h4-7,16,23H,8-13H2,1-3H3/t16-/m1/s1. The number of thioether (sulfide) groups is 1. The first-order chi connectivity index (χ1) is 12.1. The molecular formula is C19H27N3O2S. The zero-order valence-electron chi connectivity index (χ0n) is 15.2. The number of hydrogen-bond acceptors (Lipinski definition) is 6. The molecule has 0 bridgehead atoms. The molecule has 6 heteroatoms. The lowest BCUT2D eigenvalue weighted by molar-refractivity contribution is 0.0734. The van der Waals surface area contributed by atoms with Crippen molar-refractivity contribution in [3.63, 3.8) is 0 Å². The van der Waals surface area contributed by atoms with Crippen LogP contribution in [0, 0.1) is 6.92 Å². The van der Waals surface area contributed by atoms with E-state index in [1.807, 2.05) is 6.92 Å². The number of hydrogen-bond donors (Lipinski definition) is 1. The average molecular weight is 362 g/mol. The van der Waals surface area contributed by atoms with E-state index >= 15 is 0 Å². The number of aliphatic hydroxyl groups is 1. The summed E-state index contributed by atoms with van der Waals surface area (Å²) in [6, 6.07) is 8.73. The molecule has 136 valence electrons. The normalized spacial score (nSPS) is 19.4. The molecule has 2 aromatic rings. The fraction of sp³-hybridized carbons (Fsp3) is 0.526. The Labute approximate surface area is 154 Å². The summed E-state index contributed by atoms with van der Waals surface area (Å²) in [6.07, 6.45) is 2.89. The van der Waals surface area contributed by atoms with Crippen molar-refractivity contribution in [2.75, 3.05) is 39.5 Å². The highest BCUT2D eigenvalue weighted by atomic mass is 32.2. The maximum Gasteiger partial charge on any atom is 0.226 e. The first kappa shape index (κ1) is 18.5. The van der Waals surface area contributed by atoms with Crippen LogP contribution in [0.5, 0.6) is 0 Å². The first-order valence-electron chi connectivity index (χ1n) is 8.75. The van der Waals surface area contributed by atoms with E-state index in [4.69, 9.17) is 9.40 Å². The van der Waals surface area contributed by atoms with Crippen molar-refractivity contribution in [1.82, 2.24) is 14.8 Å². The van der Waals surface area contributed by atoms with Gasteiger partial charge in [-0.15, -0.1) is 11.8 Å². The Hall–Kier alpha value is -1.34. The van der Waals surface area contributed by atoms with Gasteiger partial charge in [0, 0.05) is 49.3 Å². The van der Waals surface area contributed by atoms with Crippen LogP contribution in [0.4, 0.5) is 0 Å². The smallest absolute Gasteiger partial charge is 0.226 e. The number of rotatable bonds is 6. The van der Waals surface area contributed by atoms with Crippen LogP contribution in [-0.2, 0) is 6.54 Å². The summed E-state index contributed by atoms with van der Waals surface area (Å²) in [7, 11) is 2.13. The van der Waals surface area contributed by atoms with Gasteiger partial charge in [-0.25, -0.2) is 4.98 Å². The first-order valence-corrected chi connectivity index (χ1v) is 9.97. The minimum Gasteiger partial charge on any atom is -0.441 e. The van der Waals surface area contributed by atoms with E-state index in [1.165, 1.54) is 4.90 Å². The molecule has 5 nitrogen and oxygen atoms in total. The molecule has 2 heterocycles. The van der Waals surface area contributed by atoms with Crippen LogP contribution < -0.4 is 0 Å². The number of piperazine rings is 1. The second kappa shape index (κ2) is 8.36. The Morgan fingerprint density at radius 2 is 2.04 bits per heavy atom. The summed E-state index contributed by atoms with van der Waals surface area (Å²) in [4.78, 5) is 10.7. The molecule has 1 aliphatic rings. The Kier molecular flexibility index (Phi) is 6.17. The Morgan fingerprint density at radius 1 is 1.28 bits per heavy atom. The third-order valence-electron chi connectivity index (χ3n) is 4.93. The van der Waals surface area contributed by atoms with Crippen molar-refractivity contribution in [1.29, 1.82) is 0 Å². The van der Waals surface area contributed by atoms with Crippen molar-refractivity contribution >= 4 is 11.8 Å². The van der Waals surface area contributed by atoms with Crippen molar-refractivity contribution in [2.45, 2.75) is 30.8 Å². The van der Waals surface area contributed by atoms with Gasteiger partial charge in [0.25, 0.3) is 0 Å². The predicted octanol–water partition coefficient (Wildman–Crippen LogP) is 2.87. The Bertz CT molecular complexity index is 686. The third-order valence-corrected chi connectivity index (χ3v) is 5.67. The van der Waals surface area contributed by atoms with Crippen LogP contribution in [-0.4, -0.2) is 65.5 Å². The van der Waals surface area contributed by atoms with Gasteiger partial charge in [-0.05, 0) is 50.9 Å². The maximum atomic E-state index is 9.25. The second-order valence-corrected chi connectivity index (χ2v) is 7.51. The number of nitrogens with zero attached hydrogens (tertiary/aromatic N) is 3. The maximum absolute atomic E-state index is 9.25. The van der Waals surface area contributed by atoms with Gasteiger partial charge >= 0.3 is 0 Å². The van der Waals surface area contributed by atoms with Crippen molar-refractivity contribution < 1.29 is 9.52 Å². The molecule has 0 amide bonds. The highest BCUT2D eigenvalue weighted by Crippen LogP contribution is 2.25. The topological polar surface area (TPSA) is 52.7 Å². The average Bonchev–Trinajstić information content (AvgIpc) is 2.99. The number of oxazole rings is 1. The summed E-state index contributed by atoms with van der Waals surface area (Å²) < 4.78 is 5.92. The van der Waals surface area contributed by atoms with E-state index < -0.39 is 0 Å². The van der Waals surface area contributed by atoms with Gasteiger partial charge in [-0.3, -0.25) is 4.90 Å². The molecule has 1 fully saturated rings. The van der Waals surface area contributed by atoms with E-state index in [2.05, 4.69) is 47.4 Å². The molecular weight excluding hydrogens is 334 g/mol. The van der Waals surface area contributed by atoms with Crippen LogP contribution in [0.15, 0.2) is 33.6 Å². The summed E-state index contributed by atoms with van der Waals surface area (Å²) in [5, 5.41) is 9.25. The third kappa shape index (κ3) is 4.44. The molecule has 0 aliphatic carbocycles.